The van der Waals surface area contributed by atoms with E-state index in [0.717, 1.165) is 14.9 Å². The van der Waals surface area contributed by atoms with Crippen molar-refractivity contribution < 1.29 is 19.1 Å². The highest BCUT2D eigenvalue weighted by Gasteiger charge is 2.61. The largest absolute Gasteiger partial charge is 0.466 e. The number of amides is 3. The molecule has 160 valence electrons. The van der Waals surface area contributed by atoms with Crippen LogP contribution in [0.2, 0.25) is 10.0 Å². The summed E-state index contributed by atoms with van der Waals surface area (Å²) in [6.07, 6.45) is 1.88. The van der Waals surface area contributed by atoms with Crippen molar-refractivity contribution in [2.75, 3.05) is 18.6 Å². The van der Waals surface area contributed by atoms with Gasteiger partial charge in [0.15, 0.2) is 0 Å². The molecule has 2 fully saturated rings. The molecule has 6 nitrogen and oxygen atoms in total. The van der Waals surface area contributed by atoms with Gasteiger partial charge in [0.2, 0.25) is 0 Å². The van der Waals surface area contributed by atoms with E-state index in [0.29, 0.717) is 27.7 Å². The second-order valence-electron chi connectivity index (χ2n) is 7.47. The first-order chi connectivity index (χ1) is 14.7. The summed E-state index contributed by atoms with van der Waals surface area (Å²) < 4.78 is 5.63. The van der Waals surface area contributed by atoms with Gasteiger partial charge < -0.3 is 9.64 Å². The molecule has 2 aliphatic rings. The minimum Gasteiger partial charge on any atom is -0.466 e. The quantitative estimate of drug-likeness (QED) is 0.321. The van der Waals surface area contributed by atoms with Crippen LogP contribution in [0.25, 0.3) is 0 Å². The number of carbonyl (C=O) groups excluding carboxylic acids is 3. The smallest absolute Gasteiger partial charge is 0.332 e. The molecule has 4 rings (SSSR count). The summed E-state index contributed by atoms with van der Waals surface area (Å²) in [5.41, 5.74) is 0.712. The summed E-state index contributed by atoms with van der Waals surface area (Å²) in [5, 5.41) is 0.645. The molecule has 2 heterocycles. The number of benzene rings is 2. The number of halogens is 3. The molecule has 0 bridgehead atoms. The van der Waals surface area contributed by atoms with Gasteiger partial charge in [-0.3, -0.25) is 4.79 Å². The number of urea groups is 1. The number of fused-ring (bicyclic) bond motifs is 1. The van der Waals surface area contributed by atoms with Crippen molar-refractivity contribution in [1.29, 1.82) is 0 Å². The van der Waals surface area contributed by atoms with Gasteiger partial charge in [-0.2, -0.15) is 0 Å². The number of methoxy groups -OCH3 is 1. The molecule has 0 saturated carbocycles. The van der Waals surface area contributed by atoms with Gasteiger partial charge >= 0.3 is 12.0 Å². The number of anilines is 1. The Kier molecular flexibility index (Phi) is 5.85. The van der Waals surface area contributed by atoms with Crippen molar-refractivity contribution in [1.82, 2.24) is 4.90 Å². The van der Waals surface area contributed by atoms with Crippen LogP contribution in [0, 0.1) is 0 Å². The predicted molar refractivity (Wildman–Crippen MR) is 121 cm³/mol. The minimum absolute atomic E-state index is 0.154. The van der Waals surface area contributed by atoms with Crippen molar-refractivity contribution in [3.05, 3.63) is 74.2 Å². The third-order valence-electron chi connectivity index (χ3n) is 5.46. The fourth-order valence-corrected chi connectivity index (χ4v) is 4.91. The van der Waals surface area contributed by atoms with E-state index in [9.17, 15) is 14.4 Å². The van der Waals surface area contributed by atoms with Crippen LogP contribution in [0.1, 0.15) is 12.0 Å². The highest BCUT2D eigenvalue weighted by molar-refractivity contribution is 9.10. The molecule has 0 N–H and O–H groups in total. The maximum Gasteiger partial charge on any atom is 0.332 e. The number of imide groups is 1. The number of hydrogen-bond donors (Lipinski definition) is 0. The lowest BCUT2D eigenvalue weighted by molar-refractivity contribution is -0.135. The third kappa shape index (κ3) is 3.97. The van der Waals surface area contributed by atoms with Gasteiger partial charge in [0.1, 0.15) is 5.54 Å². The number of hydrogen-bond acceptors (Lipinski definition) is 4. The average molecular weight is 524 g/mol. The lowest BCUT2D eigenvalue weighted by atomic mass is 9.87. The van der Waals surface area contributed by atoms with Crippen LogP contribution in [0.3, 0.4) is 0 Å². The molecule has 0 radical (unpaired) electrons. The fourth-order valence-electron chi connectivity index (χ4n) is 4.13. The van der Waals surface area contributed by atoms with Crippen molar-refractivity contribution in [3.8, 4) is 0 Å². The highest BCUT2D eigenvalue weighted by Crippen LogP contribution is 2.44. The van der Waals surface area contributed by atoms with Crippen molar-refractivity contribution in [2.24, 2.45) is 0 Å². The van der Waals surface area contributed by atoms with Crippen molar-refractivity contribution in [2.45, 2.75) is 18.4 Å². The first kappa shape index (κ1) is 21.9. The molecule has 2 aliphatic heterocycles. The number of esters is 1. The molecule has 31 heavy (non-hydrogen) atoms. The van der Waals surface area contributed by atoms with Crippen LogP contribution >= 0.6 is 39.1 Å². The number of rotatable bonds is 4. The molecule has 1 atom stereocenters. The Bertz CT molecular complexity index is 1100. The van der Waals surface area contributed by atoms with Crippen LogP contribution in [0.4, 0.5) is 10.5 Å². The first-order valence-corrected chi connectivity index (χ1v) is 10.9. The molecule has 3 amide bonds. The summed E-state index contributed by atoms with van der Waals surface area (Å²) in [6, 6.07) is 11.7. The maximum absolute atomic E-state index is 13.7. The summed E-state index contributed by atoms with van der Waals surface area (Å²) in [6.45, 7) is 0.154. The van der Waals surface area contributed by atoms with E-state index in [1.807, 2.05) is 24.3 Å². The van der Waals surface area contributed by atoms with E-state index in [-0.39, 0.29) is 18.9 Å². The summed E-state index contributed by atoms with van der Waals surface area (Å²) in [7, 11) is 1.29. The zero-order valence-electron chi connectivity index (χ0n) is 16.4. The molecule has 2 saturated heterocycles. The predicted octanol–water partition coefficient (Wildman–Crippen LogP) is 5.01. The number of nitrogens with zero attached hydrogens (tertiary/aromatic N) is 2. The van der Waals surface area contributed by atoms with Crippen LogP contribution in [-0.2, 0) is 20.7 Å². The first-order valence-electron chi connectivity index (χ1n) is 9.37. The standard InChI is InChI=1S/C22H17BrCl2N2O4/c1-31-19(28)6-14-11-22(10-13-2-4-15(23)5-3-13)20(29)27(21(30)26(22)12-14)18-8-16(24)7-17(25)9-18/h2-9H,10-12H2,1H3/b14-6+. The average Bonchev–Trinajstić information content (AvgIpc) is 3.15. The summed E-state index contributed by atoms with van der Waals surface area (Å²) in [4.78, 5) is 41.5. The molecule has 2 aromatic carbocycles. The summed E-state index contributed by atoms with van der Waals surface area (Å²) in [5.74, 6) is -0.902. The van der Waals surface area contributed by atoms with E-state index < -0.39 is 17.5 Å². The Morgan fingerprint density at radius 2 is 1.81 bits per heavy atom. The van der Waals surface area contributed by atoms with E-state index >= 15 is 0 Å². The summed E-state index contributed by atoms with van der Waals surface area (Å²) >= 11 is 15.6. The molecule has 2 aromatic rings. The highest BCUT2D eigenvalue weighted by atomic mass is 79.9. The Morgan fingerprint density at radius 1 is 1.16 bits per heavy atom. The number of ether oxygens (including phenoxy) is 1. The zero-order chi connectivity index (χ0) is 22.3. The molecular formula is C22H17BrCl2N2O4. The maximum atomic E-state index is 13.7. The van der Waals surface area contributed by atoms with Crippen molar-refractivity contribution in [3.63, 3.8) is 0 Å². The lowest BCUT2D eigenvalue weighted by Crippen LogP contribution is -2.47. The topological polar surface area (TPSA) is 66.9 Å². The number of carbonyl (C=O) groups is 3. The Morgan fingerprint density at radius 3 is 2.42 bits per heavy atom. The molecule has 0 spiro atoms. The monoisotopic (exact) mass is 522 g/mol. The van der Waals surface area contributed by atoms with Gasteiger partial charge in [0.25, 0.3) is 5.91 Å². The molecule has 0 aromatic heterocycles. The van der Waals surface area contributed by atoms with Crippen molar-refractivity contribution >= 4 is 62.7 Å². The Labute approximate surface area is 197 Å². The normalized spacial score (nSPS) is 21.7. The van der Waals surface area contributed by atoms with Crippen LogP contribution in [0.5, 0.6) is 0 Å². The van der Waals surface area contributed by atoms with E-state index in [1.54, 1.807) is 0 Å². The van der Waals surface area contributed by atoms with Gasteiger partial charge in [-0.05, 0) is 41.5 Å². The van der Waals surface area contributed by atoms with E-state index in [2.05, 4.69) is 15.9 Å². The lowest BCUT2D eigenvalue weighted by Gasteiger charge is -2.28. The van der Waals surface area contributed by atoms with Gasteiger partial charge in [-0.1, -0.05) is 51.3 Å². The van der Waals surface area contributed by atoms with Gasteiger partial charge in [0, 0.05) is 40.0 Å². The second-order valence-corrected chi connectivity index (χ2v) is 9.26. The third-order valence-corrected chi connectivity index (χ3v) is 6.42. The molecule has 1 unspecified atom stereocenters. The van der Waals surface area contributed by atoms with Crippen LogP contribution in [0.15, 0.2) is 58.6 Å². The molecular weight excluding hydrogens is 507 g/mol. The zero-order valence-corrected chi connectivity index (χ0v) is 19.5. The van der Waals surface area contributed by atoms with Gasteiger partial charge in [-0.15, -0.1) is 0 Å². The molecule has 9 heteroatoms. The minimum atomic E-state index is -1.15. The molecule has 0 aliphatic carbocycles. The Hall–Kier alpha value is -2.35. The SMILES string of the molecule is COC(=O)/C=C1/CN2C(=O)N(c3cc(Cl)cc(Cl)c3)C(=O)C2(Cc2ccc(Br)cc2)C1. The van der Waals surface area contributed by atoms with E-state index in [4.69, 9.17) is 27.9 Å². The fraction of sp³-hybridized carbons (Fsp3) is 0.227. The van der Waals surface area contributed by atoms with Gasteiger partial charge in [-0.25, -0.2) is 14.5 Å². The Balaban J connectivity index is 1.78. The van der Waals surface area contributed by atoms with Crippen LogP contribution in [-0.4, -0.2) is 42.0 Å². The van der Waals surface area contributed by atoms with Crippen LogP contribution < -0.4 is 4.90 Å². The van der Waals surface area contributed by atoms with E-state index in [1.165, 1.54) is 36.3 Å². The second kappa shape index (κ2) is 8.30. The van der Waals surface area contributed by atoms with Gasteiger partial charge in [0.05, 0.1) is 12.8 Å².